The number of hydrazine groups is 1. The number of rotatable bonds is 1. The molecule has 2 N–H and O–H groups in total. The van der Waals surface area contributed by atoms with Gasteiger partial charge in [-0.15, -0.1) is 0 Å². The van der Waals surface area contributed by atoms with Gasteiger partial charge in [0.1, 0.15) is 5.60 Å². The summed E-state index contributed by atoms with van der Waals surface area (Å²) >= 11 is 0. The largest absolute Gasteiger partial charge is 0.443 e. The Labute approximate surface area is 111 Å². The maximum Gasteiger partial charge on any atom is 0.426 e. The SMILES string of the molecule is CC(C)(C)OC(=O)NNC(=O)C1CCC(F)(F)CC1. The summed E-state index contributed by atoms with van der Waals surface area (Å²) in [7, 11) is 0. The van der Waals surface area contributed by atoms with E-state index in [0.29, 0.717) is 0 Å². The van der Waals surface area contributed by atoms with E-state index in [1.807, 2.05) is 0 Å². The molecule has 2 amide bonds. The molecule has 0 aliphatic heterocycles. The number of halogens is 2. The van der Waals surface area contributed by atoms with Crippen molar-refractivity contribution < 1.29 is 23.1 Å². The number of alkyl halides is 2. The van der Waals surface area contributed by atoms with E-state index in [-0.39, 0.29) is 25.7 Å². The Balaban J connectivity index is 2.31. The molecule has 19 heavy (non-hydrogen) atoms. The highest BCUT2D eigenvalue weighted by Crippen LogP contribution is 2.35. The standard InChI is InChI=1S/C12H20F2N2O3/c1-11(2,3)19-10(18)16-15-9(17)8-4-6-12(13,14)7-5-8/h8H,4-7H2,1-3H3,(H,15,17)(H,16,18). The minimum atomic E-state index is -2.67. The van der Waals surface area contributed by atoms with Crippen LogP contribution in [0.15, 0.2) is 0 Å². The summed E-state index contributed by atoms with van der Waals surface area (Å²) in [6.07, 6.45) is -1.12. The normalized spacial score (nSPS) is 19.6. The summed E-state index contributed by atoms with van der Waals surface area (Å²) < 4.78 is 30.8. The molecule has 1 fully saturated rings. The van der Waals surface area contributed by atoms with Gasteiger partial charge >= 0.3 is 6.09 Å². The second-order valence-electron chi connectivity index (χ2n) is 5.75. The van der Waals surface area contributed by atoms with Crippen molar-refractivity contribution in [3.8, 4) is 0 Å². The van der Waals surface area contributed by atoms with Crippen LogP contribution in [0.4, 0.5) is 13.6 Å². The number of carbonyl (C=O) groups is 2. The Morgan fingerprint density at radius 1 is 1.16 bits per heavy atom. The van der Waals surface area contributed by atoms with E-state index in [1.54, 1.807) is 20.8 Å². The van der Waals surface area contributed by atoms with E-state index in [1.165, 1.54) is 0 Å². The van der Waals surface area contributed by atoms with Crippen LogP contribution in [0.3, 0.4) is 0 Å². The lowest BCUT2D eigenvalue weighted by Crippen LogP contribution is -2.47. The van der Waals surface area contributed by atoms with Crippen LogP contribution in [0.2, 0.25) is 0 Å². The predicted octanol–water partition coefficient (Wildman–Crippen LogP) is 2.37. The minimum Gasteiger partial charge on any atom is -0.443 e. The van der Waals surface area contributed by atoms with Gasteiger partial charge in [0.2, 0.25) is 11.8 Å². The fraction of sp³-hybridized carbons (Fsp3) is 0.833. The summed E-state index contributed by atoms with van der Waals surface area (Å²) in [6.45, 7) is 5.08. The first-order valence-corrected chi connectivity index (χ1v) is 6.26. The molecule has 1 rings (SSSR count). The Kier molecular flexibility index (Phi) is 4.70. The average Bonchev–Trinajstić information content (AvgIpc) is 2.23. The highest BCUT2D eigenvalue weighted by atomic mass is 19.3. The molecule has 110 valence electrons. The third-order valence-corrected chi connectivity index (χ3v) is 2.77. The quantitative estimate of drug-likeness (QED) is 0.724. The van der Waals surface area contributed by atoms with Crippen molar-refractivity contribution in [3.05, 3.63) is 0 Å². The molecular weight excluding hydrogens is 258 g/mol. The number of hydrogen-bond acceptors (Lipinski definition) is 3. The average molecular weight is 278 g/mol. The molecule has 0 aromatic carbocycles. The first kappa shape index (κ1) is 15.7. The van der Waals surface area contributed by atoms with Gasteiger partial charge in [-0.05, 0) is 33.6 Å². The zero-order valence-electron chi connectivity index (χ0n) is 11.4. The second kappa shape index (κ2) is 5.71. The summed E-state index contributed by atoms with van der Waals surface area (Å²) in [5, 5.41) is 0. The van der Waals surface area contributed by atoms with Gasteiger partial charge in [-0.2, -0.15) is 0 Å². The van der Waals surface area contributed by atoms with E-state index in [4.69, 9.17) is 4.74 Å². The zero-order valence-corrected chi connectivity index (χ0v) is 11.4. The first-order chi connectivity index (χ1) is 8.59. The van der Waals surface area contributed by atoms with Crippen molar-refractivity contribution in [2.24, 2.45) is 5.92 Å². The zero-order chi connectivity index (χ0) is 14.7. The molecule has 0 aromatic rings. The molecule has 0 spiro atoms. The summed E-state index contributed by atoms with van der Waals surface area (Å²) in [4.78, 5) is 22.9. The van der Waals surface area contributed by atoms with Crippen LogP contribution in [-0.4, -0.2) is 23.5 Å². The molecule has 0 radical (unpaired) electrons. The van der Waals surface area contributed by atoms with Gasteiger partial charge in [0.15, 0.2) is 0 Å². The first-order valence-electron chi connectivity index (χ1n) is 6.26. The van der Waals surface area contributed by atoms with Gasteiger partial charge in [0.25, 0.3) is 0 Å². The molecule has 0 saturated heterocycles. The van der Waals surface area contributed by atoms with Crippen LogP contribution in [0, 0.1) is 5.92 Å². The molecule has 1 saturated carbocycles. The fourth-order valence-corrected chi connectivity index (χ4v) is 1.82. The Morgan fingerprint density at radius 3 is 2.16 bits per heavy atom. The minimum absolute atomic E-state index is 0.120. The van der Waals surface area contributed by atoms with E-state index >= 15 is 0 Å². The highest BCUT2D eigenvalue weighted by molar-refractivity contribution is 5.81. The fourth-order valence-electron chi connectivity index (χ4n) is 1.82. The van der Waals surface area contributed by atoms with Gasteiger partial charge in [-0.1, -0.05) is 0 Å². The Morgan fingerprint density at radius 2 is 1.68 bits per heavy atom. The highest BCUT2D eigenvalue weighted by Gasteiger charge is 2.37. The van der Waals surface area contributed by atoms with Gasteiger partial charge in [0.05, 0.1) is 0 Å². The van der Waals surface area contributed by atoms with Crippen LogP contribution in [0.5, 0.6) is 0 Å². The van der Waals surface area contributed by atoms with E-state index in [2.05, 4.69) is 10.9 Å². The van der Waals surface area contributed by atoms with Crippen molar-refractivity contribution in [1.29, 1.82) is 0 Å². The van der Waals surface area contributed by atoms with Crippen LogP contribution in [0.25, 0.3) is 0 Å². The lowest BCUT2D eigenvalue weighted by Gasteiger charge is -2.27. The molecular formula is C12H20F2N2O3. The van der Waals surface area contributed by atoms with E-state index in [0.717, 1.165) is 0 Å². The number of nitrogens with one attached hydrogen (secondary N) is 2. The Hall–Kier alpha value is -1.40. The van der Waals surface area contributed by atoms with Gasteiger partial charge in [-0.25, -0.2) is 19.0 Å². The maximum atomic E-state index is 12.9. The van der Waals surface area contributed by atoms with Gasteiger partial charge in [-0.3, -0.25) is 10.2 Å². The molecule has 0 atom stereocenters. The van der Waals surface area contributed by atoms with Crippen molar-refractivity contribution in [2.75, 3.05) is 0 Å². The summed E-state index contributed by atoms with van der Waals surface area (Å²) in [5.41, 5.74) is 3.64. The van der Waals surface area contributed by atoms with Crippen molar-refractivity contribution >= 4 is 12.0 Å². The summed E-state index contributed by atoms with van der Waals surface area (Å²) in [5.74, 6) is -3.62. The second-order valence-corrected chi connectivity index (χ2v) is 5.75. The number of amides is 2. The van der Waals surface area contributed by atoms with Crippen LogP contribution >= 0.6 is 0 Å². The number of carbonyl (C=O) groups excluding carboxylic acids is 2. The molecule has 1 aliphatic carbocycles. The Bertz CT molecular complexity index is 343. The smallest absolute Gasteiger partial charge is 0.426 e. The van der Waals surface area contributed by atoms with Crippen molar-refractivity contribution in [2.45, 2.75) is 58.0 Å². The van der Waals surface area contributed by atoms with E-state index < -0.39 is 29.4 Å². The van der Waals surface area contributed by atoms with Crippen molar-refractivity contribution in [3.63, 3.8) is 0 Å². The molecule has 1 aliphatic rings. The van der Waals surface area contributed by atoms with E-state index in [9.17, 15) is 18.4 Å². The molecule has 0 aromatic heterocycles. The molecule has 0 unspecified atom stereocenters. The molecule has 0 bridgehead atoms. The van der Waals surface area contributed by atoms with Crippen LogP contribution in [0.1, 0.15) is 46.5 Å². The van der Waals surface area contributed by atoms with Crippen LogP contribution < -0.4 is 10.9 Å². The summed E-state index contributed by atoms with van der Waals surface area (Å²) in [6, 6.07) is 0. The maximum absolute atomic E-state index is 12.9. The molecule has 7 heteroatoms. The number of ether oxygens (including phenoxy) is 1. The topological polar surface area (TPSA) is 67.4 Å². The van der Waals surface area contributed by atoms with Gasteiger partial charge < -0.3 is 4.74 Å². The lowest BCUT2D eigenvalue weighted by atomic mass is 9.86. The third kappa shape index (κ3) is 5.85. The van der Waals surface area contributed by atoms with Crippen LogP contribution in [-0.2, 0) is 9.53 Å². The number of hydrogen-bond donors (Lipinski definition) is 2. The lowest BCUT2D eigenvalue weighted by molar-refractivity contribution is -0.130. The monoisotopic (exact) mass is 278 g/mol. The molecule has 0 heterocycles. The van der Waals surface area contributed by atoms with Gasteiger partial charge in [0, 0.05) is 18.8 Å². The van der Waals surface area contributed by atoms with Crippen molar-refractivity contribution in [1.82, 2.24) is 10.9 Å². The third-order valence-electron chi connectivity index (χ3n) is 2.77. The molecule has 5 nitrogen and oxygen atoms in total. The predicted molar refractivity (Wildman–Crippen MR) is 64.4 cm³/mol.